The summed E-state index contributed by atoms with van der Waals surface area (Å²) in [4.78, 5) is 17.0. The molecule has 38 heavy (non-hydrogen) atoms. The van der Waals surface area contributed by atoms with Crippen molar-refractivity contribution in [1.29, 1.82) is 5.41 Å². The molecule has 2 aromatic carbocycles. The minimum Gasteiger partial charge on any atom is -0.459 e. The van der Waals surface area contributed by atoms with Crippen LogP contribution in [0.5, 0.6) is 0 Å². The summed E-state index contributed by atoms with van der Waals surface area (Å²) in [6.45, 7) is 9.33. The number of rotatable bonds is 6. The number of benzene rings is 2. The third-order valence-corrected chi connectivity index (χ3v) is 6.07. The topological polar surface area (TPSA) is 74.5 Å². The Morgan fingerprint density at radius 1 is 1.16 bits per heavy atom. The minimum atomic E-state index is -0.767. The standard InChI is InChI=1S/C29H33F2N5O2/c1-19-11-21(8-9-26(19)34-16-20(2)33-18-34)12-22-7-6-10-35(28(22)32)36(17-27(37)38-29(3,4)5)25-14-23(30)13-24(31)15-25/h8-9,11-16,18,32H,6-7,10,17H2,1-5H3/b22-12+,32-28?. The lowest BCUT2D eigenvalue weighted by molar-refractivity contribution is -0.153. The van der Waals surface area contributed by atoms with E-state index in [1.807, 2.05) is 48.9 Å². The largest absolute Gasteiger partial charge is 0.459 e. The Morgan fingerprint density at radius 2 is 1.87 bits per heavy atom. The Hall–Kier alpha value is -4.01. The number of imidazole rings is 1. The van der Waals surface area contributed by atoms with E-state index in [0.29, 0.717) is 19.4 Å². The summed E-state index contributed by atoms with van der Waals surface area (Å²) in [5.74, 6) is -1.93. The van der Waals surface area contributed by atoms with E-state index >= 15 is 0 Å². The Morgan fingerprint density at radius 3 is 2.47 bits per heavy atom. The van der Waals surface area contributed by atoms with E-state index in [0.717, 1.165) is 46.3 Å². The van der Waals surface area contributed by atoms with Gasteiger partial charge in [-0.05, 0) is 94.5 Å². The van der Waals surface area contributed by atoms with E-state index in [-0.39, 0.29) is 18.1 Å². The van der Waals surface area contributed by atoms with Gasteiger partial charge < -0.3 is 9.30 Å². The zero-order valence-electron chi connectivity index (χ0n) is 22.4. The summed E-state index contributed by atoms with van der Waals surface area (Å²) in [5, 5.41) is 12.0. The van der Waals surface area contributed by atoms with Crippen molar-refractivity contribution >= 4 is 23.6 Å². The number of nitrogens with zero attached hydrogens (tertiary/aromatic N) is 4. The van der Waals surface area contributed by atoms with Crippen molar-refractivity contribution in [2.75, 3.05) is 18.1 Å². The molecule has 0 unspecified atom stereocenters. The third-order valence-electron chi connectivity index (χ3n) is 6.07. The molecule has 7 nitrogen and oxygen atoms in total. The smallest absolute Gasteiger partial charge is 0.328 e. The number of hydrazine groups is 1. The predicted molar refractivity (Wildman–Crippen MR) is 144 cm³/mol. The third kappa shape index (κ3) is 6.45. The number of halogens is 2. The molecule has 0 bridgehead atoms. The van der Waals surface area contributed by atoms with Crippen LogP contribution in [0.2, 0.25) is 0 Å². The van der Waals surface area contributed by atoms with Crippen molar-refractivity contribution in [3.05, 3.63) is 83.0 Å². The van der Waals surface area contributed by atoms with Crippen molar-refractivity contribution in [2.24, 2.45) is 0 Å². The molecule has 0 atom stereocenters. The number of ether oxygens (including phenoxy) is 1. The lowest BCUT2D eigenvalue weighted by Crippen LogP contribution is -2.52. The molecule has 4 rings (SSSR count). The van der Waals surface area contributed by atoms with Crippen molar-refractivity contribution in [1.82, 2.24) is 14.6 Å². The zero-order valence-corrected chi connectivity index (χ0v) is 22.4. The summed E-state index contributed by atoms with van der Waals surface area (Å²) < 4.78 is 35.7. The molecule has 1 aliphatic heterocycles. The number of hydrogen-bond donors (Lipinski definition) is 1. The molecule has 2 heterocycles. The number of carbonyl (C=O) groups excluding carboxylic acids is 1. The number of nitrogens with one attached hydrogen (secondary N) is 1. The first-order valence-electron chi connectivity index (χ1n) is 12.5. The number of aryl methyl sites for hydroxylation is 2. The normalized spacial score (nSPS) is 15.2. The molecule has 0 radical (unpaired) electrons. The number of hydrogen-bond acceptors (Lipinski definition) is 5. The first-order chi connectivity index (χ1) is 17.9. The molecular weight excluding hydrogens is 488 g/mol. The Labute approximate surface area is 221 Å². The van der Waals surface area contributed by atoms with Crippen molar-refractivity contribution in [2.45, 2.75) is 53.1 Å². The molecule has 1 N–H and O–H groups in total. The highest BCUT2D eigenvalue weighted by atomic mass is 19.1. The molecule has 1 aromatic heterocycles. The van der Waals surface area contributed by atoms with E-state index in [1.54, 1.807) is 32.1 Å². The van der Waals surface area contributed by atoms with E-state index in [1.165, 1.54) is 5.01 Å². The Bertz CT molecular complexity index is 1370. The van der Waals surface area contributed by atoms with Gasteiger partial charge in [-0.1, -0.05) is 6.07 Å². The fourth-order valence-corrected chi connectivity index (χ4v) is 4.51. The zero-order chi connectivity index (χ0) is 27.6. The lowest BCUT2D eigenvalue weighted by Gasteiger charge is -2.41. The van der Waals surface area contributed by atoms with Crippen LogP contribution in [0.25, 0.3) is 11.8 Å². The molecule has 200 valence electrons. The van der Waals surface area contributed by atoms with Crippen LogP contribution in [0.3, 0.4) is 0 Å². The molecule has 0 amide bonds. The van der Waals surface area contributed by atoms with Crippen molar-refractivity contribution in [3.63, 3.8) is 0 Å². The van der Waals surface area contributed by atoms with Gasteiger partial charge in [0.1, 0.15) is 29.6 Å². The van der Waals surface area contributed by atoms with Crippen LogP contribution >= 0.6 is 0 Å². The Balaban J connectivity index is 1.64. The molecule has 0 saturated carbocycles. The van der Waals surface area contributed by atoms with Crippen LogP contribution in [0, 0.1) is 30.9 Å². The van der Waals surface area contributed by atoms with Gasteiger partial charge in [-0.25, -0.2) is 13.8 Å². The average molecular weight is 522 g/mol. The van der Waals surface area contributed by atoms with Crippen LogP contribution < -0.4 is 5.01 Å². The SMILES string of the molecule is Cc1cn(-c2ccc(/C=C3\CCCN(N(CC(=O)OC(C)(C)C)c4cc(F)cc(F)c4)C3=N)cc2C)cn1. The number of piperidine rings is 1. The van der Waals surface area contributed by atoms with Crippen LogP contribution in [-0.4, -0.2) is 45.1 Å². The lowest BCUT2D eigenvalue weighted by atomic mass is 10.00. The van der Waals surface area contributed by atoms with Gasteiger partial charge in [-0.15, -0.1) is 0 Å². The number of esters is 1. The molecular formula is C29H33F2N5O2. The van der Waals surface area contributed by atoms with Gasteiger partial charge in [0.25, 0.3) is 0 Å². The molecule has 3 aromatic rings. The van der Waals surface area contributed by atoms with Gasteiger partial charge in [0.05, 0.1) is 17.7 Å². The van der Waals surface area contributed by atoms with E-state index in [2.05, 4.69) is 4.98 Å². The van der Waals surface area contributed by atoms with Gasteiger partial charge in [0, 0.05) is 24.5 Å². The van der Waals surface area contributed by atoms with Crippen molar-refractivity contribution < 1.29 is 18.3 Å². The summed E-state index contributed by atoms with van der Waals surface area (Å²) in [6.07, 6.45) is 7.04. The van der Waals surface area contributed by atoms with Gasteiger partial charge >= 0.3 is 5.97 Å². The second kappa shape index (κ2) is 10.8. The maximum Gasteiger partial charge on any atom is 0.328 e. The van der Waals surface area contributed by atoms with Gasteiger partial charge in [0.2, 0.25) is 0 Å². The van der Waals surface area contributed by atoms with Crippen LogP contribution in [0.1, 0.15) is 50.4 Å². The molecule has 9 heteroatoms. The summed E-state index contributed by atoms with van der Waals surface area (Å²) >= 11 is 0. The van der Waals surface area contributed by atoms with Crippen LogP contribution in [-0.2, 0) is 9.53 Å². The average Bonchev–Trinajstić information content (AvgIpc) is 3.23. The van der Waals surface area contributed by atoms with Crippen LogP contribution in [0.15, 0.2) is 54.5 Å². The number of carbonyl (C=O) groups is 1. The van der Waals surface area contributed by atoms with Gasteiger partial charge in [-0.3, -0.25) is 20.2 Å². The van der Waals surface area contributed by atoms with Gasteiger partial charge in [0.15, 0.2) is 0 Å². The molecule has 0 aliphatic carbocycles. The van der Waals surface area contributed by atoms with E-state index in [9.17, 15) is 13.6 Å². The second-order valence-electron chi connectivity index (χ2n) is 10.5. The van der Waals surface area contributed by atoms with E-state index in [4.69, 9.17) is 10.1 Å². The van der Waals surface area contributed by atoms with Crippen molar-refractivity contribution in [3.8, 4) is 5.69 Å². The summed E-state index contributed by atoms with van der Waals surface area (Å²) in [5.41, 5.74) is 4.10. The highest BCUT2D eigenvalue weighted by molar-refractivity contribution is 6.01. The quantitative estimate of drug-likeness (QED) is 0.404. The first kappa shape index (κ1) is 27.0. The van der Waals surface area contributed by atoms with Gasteiger partial charge in [-0.2, -0.15) is 0 Å². The highest BCUT2D eigenvalue weighted by Crippen LogP contribution is 2.28. The fourth-order valence-electron chi connectivity index (χ4n) is 4.51. The first-order valence-corrected chi connectivity index (χ1v) is 12.5. The Kier molecular flexibility index (Phi) is 7.66. The number of aromatic nitrogens is 2. The molecule has 0 spiro atoms. The summed E-state index contributed by atoms with van der Waals surface area (Å²) in [6, 6.07) is 9.12. The second-order valence-corrected chi connectivity index (χ2v) is 10.5. The van der Waals surface area contributed by atoms with Crippen LogP contribution in [0.4, 0.5) is 14.5 Å². The fraction of sp³-hybridized carbons (Fsp3) is 0.345. The highest BCUT2D eigenvalue weighted by Gasteiger charge is 2.29. The molecule has 1 saturated heterocycles. The predicted octanol–water partition coefficient (Wildman–Crippen LogP) is 5.99. The molecule has 1 fully saturated rings. The number of anilines is 1. The van der Waals surface area contributed by atoms with E-state index < -0.39 is 23.2 Å². The maximum absolute atomic E-state index is 14.1. The minimum absolute atomic E-state index is 0.134. The molecule has 1 aliphatic rings. The number of amidine groups is 1. The monoisotopic (exact) mass is 521 g/mol. The summed E-state index contributed by atoms with van der Waals surface area (Å²) in [7, 11) is 0. The maximum atomic E-state index is 14.1.